The fraction of sp³-hybridized carbons (Fsp3) is 0.444. The van der Waals surface area contributed by atoms with Gasteiger partial charge in [0.25, 0.3) is 5.91 Å². The van der Waals surface area contributed by atoms with Crippen LogP contribution in [0.2, 0.25) is 0 Å². The van der Waals surface area contributed by atoms with Crippen molar-refractivity contribution in [2.24, 2.45) is 11.7 Å². The van der Waals surface area contributed by atoms with Crippen LogP contribution < -0.4 is 11.1 Å². The number of hydrogen-bond donors (Lipinski definition) is 2. The van der Waals surface area contributed by atoms with Crippen molar-refractivity contribution in [2.75, 3.05) is 6.54 Å². The van der Waals surface area contributed by atoms with Gasteiger partial charge in [-0.05, 0) is 55.8 Å². The molecule has 2 atom stereocenters. The molecule has 0 saturated heterocycles. The van der Waals surface area contributed by atoms with E-state index in [1.54, 1.807) is 11.3 Å². The van der Waals surface area contributed by atoms with E-state index in [4.69, 9.17) is 5.73 Å². The number of halogens is 2. The van der Waals surface area contributed by atoms with E-state index in [9.17, 15) is 4.79 Å². The Kier molecular flexibility index (Phi) is 8.86. The van der Waals surface area contributed by atoms with E-state index in [1.807, 2.05) is 30.5 Å². The van der Waals surface area contributed by atoms with Crippen molar-refractivity contribution < 1.29 is 4.79 Å². The van der Waals surface area contributed by atoms with E-state index in [2.05, 4.69) is 15.7 Å². The maximum absolute atomic E-state index is 12.6. The molecule has 2 unspecified atom stereocenters. The summed E-state index contributed by atoms with van der Waals surface area (Å²) in [5, 5.41) is 7.27. The second-order valence-corrected chi connectivity index (χ2v) is 6.98. The molecule has 4 nitrogen and oxygen atoms in total. The van der Waals surface area contributed by atoms with Crippen LogP contribution in [0, 0.1) is 12.8 Å². The summed E-state index contributed by atoms with van der Waals surface area (Å²) >= 11 is 1.65. The van der Waals surface area contributed by atoms with Gasteiger partial charge in [0.2, 0.25) is 0 Å². The van der Waals surface area contributed by atoms with Gasteiger partial charge in [-0.3, -0.25) is 9.78 Å². The SMILES string of the molecule is Cc1nc(-c2ccsc2)ccc1C(=O)NC1CCCCC1CN.Cl.Cl. The highest BCUT2D eigenvalue weighted by atomic mass is 35.5. The molecule has 25 heavy (non-hydrogen) atoms. The zero-order chi connectivity index (χ0) is 16.2. The molecule has 0 radical (unpaired) electrons. The maximum atomic E-state index is 12.6. The van der Waals surface area contributed by atoms with Crippen LogP contribution in [-0.2, 0) is 0 Å². The molecule has 2 aromatic rings. The zero-order valence-corrected chi connectivity index (χ0v) is 16.7. The highest BCUT2D eigenvalue weighted by molar-refractivity contribution is 7.08. The molecular formula is C18H25Cl2N3OS. The molecular weight excluding hydrogens is 377 g/mol. The van der Waals surface area contributed by atoms with Crippen LogP contribution in [0.15, 0.2) is 29.0 Å². The molecule has 2 heterocycles. The van der Waals surface area contributed by atoms with Gasteiger partial charge in [0.15, 0.2) is 0 Å². The van der Waals surface area contributed by atoms with E-state index < -0.39 is 0 Å². The summed E-state index contributed by atoms with van der Waals surface area (Å²) in [5.41, 5.74) is 9.29. The van der Waals surface area contributed by atoms with Gasteiger partial charge in [-0.2, -0.15) is 11.3 Å². The quantitative estimate of drug-likeness (QED) is 0.805. The first-order valence-corrected chi connectivity index (χ1v) is 9.14. The molecule has 0 spiro atoms. The minimum Gasteiger partial charge on any atom is -0.349 e. The lowest BCUT2D eigenvalue weighted by Gasteiger charge is -2.31. The Bertz CT molecular complexity index is 679. The van der Waals surface area contributed by atoms with Crippen LogP contribution in [0.25, 0.3) is 11.3 Å². The van der Waals surface area contributed by atoms with Crippen molar-refractivity contribution in [3.05, 3.63) is 40.2 Å². The van der Waals surface area contributed by atoms with Crippen molar-refractivity contribution in [2.45, 2.75) is 38.6 Å². The number of rotatable bonds is 4. The van der Waals surface area contributed by atoms with Crippen LogP contribution in [-0.4, -0.2) is 23.5 Å². The third kappa shape index (κ3) is 5.17. The molecule has 2 aromatic heterocycles. The summed E-state index contributed by atoms with van der Waals surface area (Å²) in [5.74, 6) is 0.364. The van der Waals surface area contributed by atoms with Gasteiger partial charge in [-0.25, -0.2) is 0 Å². The number of aromatic nitrogens is 1. The number of thiophene rings is 1. The largest absolute Gasteiger partial charge is 0.349 e. The maximum Gasteiger partial charge on any atom is 0.253 e. The second kappa shape index (κ2) is 10.1. The second-order valence-electron chi connectivity index (χ2n) is 6.20. The van der Waals surface area contributed by atoms with Crippen LogP contribution in [0.3, 0.4) is 0 Å². The molecule has 3 N–H and O–H groups in total. The average molecular weight is 402 g/mol. The fourth-order valence-electron chi connectivity index (χ4n) is 3.30. The number of aryl methyl sites for hydroxylation is 1. The number of carbonyl (C=O) groups excluding carboxylic acids is 1. The Morgan fingerprint density at radius 1 is 1.28 bits per heavy atom. The van der Waals surface area contributed by atoms with Gasteiger partial charge in [0.05, 0.1) is 17.0 Å². The van der Waals surface area contributed by atoms with Gasteiger partial charge < -0.3 is 11.1 Å². The number of nitrogens with two attached hydrogens (primary N) is 1. The number of carbonyl (C=O) groups is 1. The fourth-order valence-corrected chi connectivity index (χ4v) is 3.95. The summed E-state index contributed by atoms with van der Waals surface area (Å²) in [4.78, 5) is 17.2. The Morgan fingerprint density at radius 2 is 2.04 bits per heavy atom. The molecule has 1 amide bonds. The summed E-state index contributed by atoms with van der Waals surface area (Å²) in [6.45, 7) is 2.53. The van der Waals surface area contributed by atoms with Gasteiger partial charge in [-0.1, -0.05) is 12.8 Å². The molecule has 0 aliphatic heterocycles. The van der Waals surface area contributed by atoms with Crippen molar-refractivity contribution in [3.63, 3.8) is 0 Å². The summed E-state index contributed by atoms with van der Waals surface area (Å²) in [7, 11) is 0. The Balaban J connectivity index is 0.00000156. The van der Waals surface area contributed by atoms with Crippen molar-refractivity contribution in [1.29, 1.82) is 0 Å². The number of amides is 1. The van der Waals surface area contributed by atoms with E-state index in [0.29, 0.717) is 18.0 Å². The first-order valence-electron chi connectivity index (χ1n) is 8.20. The number of hydrogen-bond acceptors (Lipinski definition) is 4. The number of pyridine rings is 1. The lowest BCUT2D eigenvalue weighted by atomic mass is 9.84. The van der Waals surface area contributed by atoms with Crippen molar-refractivity contribution in [1.82, 2.24) is 10.3 Å². The van der Waals surface area contributed by atoms with Crippen LogP contribution in [0.4, 0.5) is 0 Å². The molecule has 138 valence electrons. The Hall–Kier alpha value is -1.14. The molecule has 0 bridgehead atoms. The third-order valence-corrected chi connectivity index (χ3v) is 5.36. The Labute approximate surface area is 165 Å². The molecule has 1 fully saturated rings. The first kappa shape index (κ1) is 21.9. The molecule has 3 rings (SSSR count). The highest BCUT2D eigenvalue weighted by Crippen LogP contribution is 2.25. The lowest BCUT2D eigenvalue weighted by Crippen LogP contribution is -2.44. The predicted molar refractivity (Wildman–Crippen MR) is 109 cm³/mol. The summed E-state index contributed by atoms with van der Waals surface area (Å²) in [6, 6.07) is 6.04. The average Bonchev–Trinajstić information content (AvgIpc) is 3.09. The zero-order valence-electron chi connectivity index (χ0n) is 14.2. The topological polar surface area (TPSA) is 68.0 Å². The predicted octanol–water partition coefficient (Wildman–Crippen LogP) is 4.21. The normalized spacial score (nSPS) is 19.4. The van der Waals surface area contributed by atoms with Crippen LogP contribution in [0.5, 0.6) is 0 Å². The molecule has 1 aliphatic rings. The third-order valence-electron chi connectivity index (χ3n) is 4.68. The van der Waals surface area contributed by atoms with Crippen molar-refractivity contribution >= 4 is 42.1 Å². The van der Waals surface area contributed by atoms with Crippen LogP contribution in [0.1, 0.15) is 41.7 Å². The first-order chi connectivity index (χ1) is 11.2. The highest BCUT2D eigenvalue weighted by Gasteiger charge is 2.26. The monoisotopic (exact) mass is 401 g/mol. The number of nitrogens with one attached hydrogen (secondary N) is 1. The number of nitrogens with zero attached hydrogens (tertiary/aromatic N) is 1. The smallest absolute Gasteiger partial charge is 0.253 e. The Morgan fingerprint density at radius 3 is 2.68 bits per heavy atom. The molecule has 1 saturated carbocycles. The van der Waals surface area contributed by atoms with Crippen molar-refractivity contribution in [3.8, 4) is 11.3 Å². The molecule has 1 aliphatic carbocycles. The van der Waals surface area contributed by atoms with Gasteiger partial charge >= 0.3 is 0 Å². The summed E-state index contributed by atoms with van der Waals surface area (Å²) < 4.78 is 0. The van der Waals surface area contributed by atoms with E-state index in [0.717, 1.165) is 36.2 Å². The van der Waals surface area contributed by atoms with E-state index >= 15 is 0 Å². The van der Waals surface area contributed by atoms with Crippen LogP contribution >= 0.6 is 36.2 Å². The van der Waals surface area contributed by atoms with E-state index in [-0.39, 0.29) is 36.8 Å². The van der Waals surface area contributed by atoms with E-state index in [1.165, 1.54) is 6.42 Å². The molecule has 0 aromatic carbocycles. The van der Waals surface area contributed by atoms with Gasteiger partial charge in [0, 0.05) is 17.0 Å². The lowest BCUT2D eigenvalue weighted by molar-refractivity contribution is 0.0907. The van der Waals surface area contributed by atoms with Gasteiger partial charge in [-0.15, -0.1) is 24.8 Å². The van der Waals surface area contributed by atoms with Gasteiger partial charge in [0.1, 0.15) is 0 Å². The minimum atomic E-state index is -0.0304. The minimum absolute atomic E-state index is 0. The molecule has 7 heteroatoms. The summed E-state index contributed by atoms with van der Waals surface area (Å²) in [6.07, 6.45) is 4.50. The standard InChI is InChI=1S/C18H23N3OS.2ClH/c1-12-15(6-7-17(20-12)14-8-9-23-11-14)18(22)21-16-5-3-2-4-13(16)10-19;;/h6-9,11,13,16H,2-5,10,19H2,1H3,(H,21,22);2*1H.